The summed E-state index contributed by atoms with van der Waals surface area (Å²) in [7, 11) is 3.25. The molecule has 31 heavy (non-hydrogen) atoms. The topological polar surface area (TPSA) is 84.4 Å². The Balaban J connectivity index is 0.000000179. The molecule has 0 radical (unpaired) electrons. The van der Waals surface area contributed by atoms with E-state index in [1.165, 1.54) is 12.0 Å². The first-order valence-electron chi connectivity index (χ1n) is 9.86. The molecular weight excluding hydrogens is 432 g/mol. The van der Waals surface area contributed by atoms with Gasteiger partial charge in [0.2, 0.25) is 0 Å². The Morgan fingerprint density at radius 3 is 2.48 bits per heavy atom. The van der Waals surface area contributed by atoms with Crippen LogP contribution < -0.4 is 5.32 Å². The third kappa shape index (κ3) is 5.96. The van der Waals surface area contributed by atoms with Gasteiger partial charge in [0, 0.05) is 38.0 Å². The number of esters is 1. The standard InChI is InChI=1S/C13H15NO3.C9H11N3S2/c1-17-13(16)12-4-2-10(3-5-12)6-14-7-11(8-14)9-15;1-5-8(14-6(2)11-5)7-4-13-9(10-3)12-7/h2-5,9,11H,6-8H2,1H3;4H,1-3H3,(H,10,12). The van der Waals surface area contributed by atoms with Gasteiger partial charge in [-0.15, -0.1) is 22.7 Å². The van der Waals surface area contributed by atoms with Crippen LogP contribution in [0.2, 0.25) is 0 Å². The number of carbonyl (C=O) groups is 2. The van der Waals surface area contributed by atoms with Gasteiger partial charge < -0.3 is 14.8 Å². The van der Waals surface area contributed by atoms with Crippen molar-refractivity contribution < 1.29 is 14.3 Å². The highest BCUT2D eigenvalue weighted by atomic mass is 32.1. The number of thiazole rings is 2. The van der Waals surface area contributed by atoms with Crippen molar-refractivity contribution in [2.24, 2.45) is 5.92 Å². The zero-order valence-electron chi connectivity index (χ0n) is 18.0. The highest BCUT2D eigenvalue weighted by Crippen LogP contribution is 2.31. The number of rotatable bonds is 6. The van der Waals surface area contributed by atoms with Gasteiger partial charge in [0.05, 0.1) is 33.9 Å². The van der Waals surface area contributed by atoms with E-state index in [1.807, 2.05) is 33.0 Å². The largest absolute Gasteiger partial charge is 0.465 e. The number of carbonyl (C=O) groups excluding carboxylic acids is 2. The third-order valence-electron chi connectivity index (χ3n) is 4.81. The van der Waals surface area contributed by atoms with Crippen molar-refractivity contribution in [3.05, 3.63) is 51.5 Å². The minimum Gasteiger partial charge on any atom is -0.465 e. The summed E-state index contributed by atoms with van der Waals surface area (Å²) >= 11 is 3.32. The van der Waals surface area contributed by atoms with Gasteiger partial charge in [0.25, 0.3) is 0 Å². The van der Waals surface area contributed by atoms with Crippen molar-refractivity contribution in [1.82, 2.24) is 14.9 Å². The fourth-order valence-electron chi connectivity index (χ4n) is 3.21. The van der Waals surface area contributed by atoms with E-state index < -0.39 is 0 Å². The highest BCUT2D eigenvalue weighted by Gasteiger charge is 2.25. The highest BCUT2D eigenvalue weighted by molar-refractivity contribution is 7.16. The molecular formula is C22H26N4O3S2. The molecule has 3 heterocycles. The maximum atomic E-state index is 11.2. The first-order valence-corrected chi connectivity index (χ1v) is 11.6. The van der Waals surface area contributed by atoms with Gasteiger partial charge >= 0.3 is 5.97 Å². The second-order valence-electron chi connectivity index (χ2n) is 7.21. The molecule has 0 saturated carbocycles. The maximum absolute atomic E-state index is 11.2. The summed E-state index contributed by atoms with van der Waals surface area (Å²) in [6.07, 6.45) is 1.01. The van der Waals surface area contributed by atoms with E-state index in [2.05, 4.69) is 30.3 Å². The van der Waals surface area contributed by atoms with Gasteiger partial charge in [-0.3, -0.25) is 4.90 Å². The molecule has 3 aromatic rings. The molecule has 9 heteroatoms. The van der Waals surface area contributed by atoms with E-state index in [9.17, 15) is 9.59 Å². The van der Waals surface area contributed by atoms with Crippen molar-refractivity contribution >= 4 is 40.1 Å². The number of nitrogens with zero attached hydrogens (tertiary/aromatic N) is 3. The lowest BCUT2D eigenvalue weighted by molar-refractivity contribution is -0.115. The fourth-order valence-corrected chi connectivity index (χ4v) is 4.83. The lowest BCUT2D eigenvalue weighted by atomic mass is 10.0. The number of aryl methyl sites for hydroxylation is 2. The molecule has 0 spiro atoms. The molecule has 1 saturated heterocycles. The van der Waals surface area contributed by atoms with Crippen molar-refractivity contribution in [3.63, 3.8) is 0 Å². The Kier molecular flexibility index (Phi) is 7.89. The summed E-state index contributed by atoms with van der Waals surface area (Å²) in [6.45, 7) is 6.54. The lowest BCUT2D eigenvalue weighted by Crippen LogP contribution is -2.46. The van der Waals surface area contributed by atoms with Gasteiger partial charge in [-0.05, 0) is 31.5 Å². The van der Waals surface area contributed by atoms with Crippen LogP contribution in [0.4, 0.5) is 5.13 Å². The smallest absolute Gasteiger partial charge is 0.337 e. The molecule has 4 rings (SSSR count). The Labute approximate surface area is 190 Å². The molecule has 0 bridgehead atoms. The van der Waals surface area contributed by atoms with E-state index in [0.717, 1.165) is 53.0 Å². The Hall–Kier alpha value is -2.62. The molecule has 164 valence electrons. The monoisotopic (exact) mass is 458 g/mol. The SMILES string of the molecule is CNc1nc(-c2sc(C)nc2C)cs1.COC(=O)c1ccc(CN2CC(C=O)C2)cc1. The van der Waals surface area contributed by atoms with Crippen LogP contribution in [0.1, 0.15) is 26.6 Å². The van der Waals surface area contributed by atoms with Crippen molar-refractivity contribution in [2.45, 2.75) is 20.4 Å². The summed E-state index contributed by atoms with van der Waals surface area (Å²) in [5.74, 6) is -0.120. The molecule has 1 N–H and O–H groups in total. The number of anilines is 1. The molecule has 7 nitrogen and oxygen atoms in total. The van der Waals surface area contributed by atoms with Gasteiger partial charge in [0.15, 0.2) is 5.13 Å². The predicted molar refractivity (Wildman–Crippen MR) is 125 cm³/mol. The van der Waals surface area contributed by atoms with E-state index in [1.54, 1.807) is 34.8 Å². The van der Waals surface area contributed by atoms with Crippen LogP contribution in [0, 0.1) is 19.8 Å². The third-order valence-corrected chi connectivity index (χ3v) is 6.77. The van der Waals surface area contributed by atoms with Crippen LogP contribution in [0.5, 0.6) is 0 Å². The number of aromatic nitrogens is 2. The van der Waals surface area contributed by atoms with Crippen LogP contribution in [-0.2, 0) is 16.1 Å². The number of aldehydes is 1. The molecule has 1 aliphatic heterocycles. The maximum Gasteiger partial charge on any atom is 0.337 e. The average molecular weight is 459 g/mol. The molecule has 1 aliphatic rings. The molecule has 1 aromatic carbocycles. The quantitative estimate of drug-likeness (QED) is 0.441. The molecule has 0 unspecified atom stereocenters. The molecule has 2 aromatic heterocycles. The summed E-state index contributed by atoms with van der Waals surface area (Å²) in [5, 5.41) is 7.14. The Bertz CT molecular complexity index is 1020. The molecule has 1 fully saturated rings. The van der Waals surface area contributed by atoms with Crippen molar-refractivity contribution in [1.29, 1.82) is 0 Å². The zero-order chi connectivity index (χ0) is 22.4. The van der Waals surface area contributed by atoms with Gasteiger partial charge in [-0.2, -0.15) is 0 Å². The second-order valence-corrected chi connectivity index (χ2v) is 9.28. The van der Waals surface area contributed by atoms with Crippen LogP contribution in [0.3, 0.4) is 0 Å². The number of nitrogens with one attached hydrogen (secondary N) is 1. The normalized spacial score (nSPS) is 13.7. The minimum atomic E-state index is -0.318. The predicted octanol–water partition coefficient (Wildman–Crippen LogP) is 4.03. The zero-order valence-corrected chi connectivity index (χ0v) is 19.7. The molecule has 0 amide bonds. The van der Waals surface area contributed by atoms with Gasteiger partial charge in [0.1, 0.15) is 6.29 Å². The van der Waals surface area contributed by atoms with E-state index in [-0.39, 0.29) is 11.9 Å². The number of hydrogen-bond donors (Lipinski definition) is 1. The van der Waals surface area contributed by atoms with E-state index in [4.69, 9.17) is 0 Å². The number of benzene rings is 1. The number of likely N-dealkylation sites (tertiary alicyclic amines) is 1. The molecule has 0 atom stereocenters. The Morgan fingerprint density at radius 1 is 1.26 bits per heavy atom. The van der Waals surface area contributed by atoms with Crippen LogP contribution in [0.25, 0.3) is 10.6 Å². The van der Waals surface area contributed by atoms with E-state index >= 15 is 0 Å². The number of ether oxygens (including phenoxy) is 1. The Morgan fingerprint density at radius 2 is 1.97 bits per heavy atom. The summed E-state index contributed by atoms with van der Waals surface area (Å²) in [4.78, 5) is 33.9. The van der Waals surface area contributed by atoms with Crippen LogP contribution in [0.15, 0.2) is 29.6 Å². The second kappa shape index (κ2) is 10.6. The van der Waals surface area contributed by atoms with Crippen molar-refractivity contribution in [3.8, 4) is 10.6 Å². The number of methoxy groups -OCH3 is 1. The molecule has 0 aliphatic carbocycles. The summed E-state index contributed by atoms with van der Waals surface area (Å²) < 4.78 is 4.63. The summed E-state index contributed by atoms with van der Waals surface area (Å²) in [6, 6.07) is 7.36. The van der Waals surface area contributed by atoms with Crippen LogP contribution in [-0.4, -0.2) is 54.4 Å². The first kappa shape index (κ1) is 23.1. The first-order chi connectivity index (χ1) is 14.9. The van der Waals surface area contributed by atoms with Crippen molar-refractivity contribution in [2.75, 3.05) is 32.6 Å². The lowest BCUT2D eigenvalue weighted by Gasteiger charge is -2.36. The summed E-state index contributed by atoms with van der Waals surface area (Å²) in [5.41, 5.74) is 3.80. The minimum absolute atomic E-state index is 0.198. The average Bonchev–Trinajstić information content (AvgIpc) is 3.36. The van der Waals surface area contributed by atoms with Crippen LogP contribution >= 0.6 is 22.7 Å². The van der Waals surface area contributed by atoms with Gasteiger partial charge in [-0.25, -0.2) is 14.8 Å². The van der Waals surface area contributed by atoms with E-state index in [0.29, 0.717) is 5.56 Å². The fraction of sp³-hybridized carbons (Fsp3) is 0.364. The number of hydrogen-bond acceptors (Lipinski definition) is 9. The van der Waals surface area contributed by atoms with Gasteiger partial charge in [-0.1, -0.05) is 12.1 Å².